The fraction of sp³-hybridized carbons (Fsp3) is 0.176. The van der Waals surface area contributed by atoms with E-state index in [-0.39, 0.29) is 0 Å². The lowest BCUT2D eigenvalue weighted by Gasteiger charge is -2.07. The molecule has 0 spiro atoms. The smallest absolute Gasteiger partial charge is 0.0388 e. The van der Waals surface area contributed by atoms with Crippen molar-refractivity contribution in [3.05, 3.63) is 59.2 Å². The van der Waals surface area contributed by atoms with E-state index in [4.69, 9.17) is 5.73 Å². The summed E-state index contributed by atoms with van der Waals surface area (Å²) < 4.78 is 0. The molecule has 0 aliphatic heterocycles. The summed E-state index contributed by atoms with van der Waals surface area (Å²) in [6.45, 7) is 6.26. The molecule has 2 rings (SSSR count). The predicted molar refractivity (Wildman–Crippen MR) is 80.4 cm³/mol. The second-order valence-corrected chi connectivity index (χ2v) is 4.93. The number of anilines is 1. The van der Waals surface area contributed by atoms with Gasteiger partial charge >= 0.3 is 0 Å². The lowest BCUT2D eigenvalue weighted by atomic mass is 10.00. The first-order valence-electron chi connectivity index (χ1n) is 6.18. The largest absolute Gasteiger partial charge is 0.398 e. The van der Waals surface area contributed by atoms with Gasteiger partial charge in [-0.15, -0.1) is 0 Å². The number of hydrogen-bond acceptors (Lipinski definition) is 1. The molecule has 0 amide bonds. The van der Waals surface area contributed by atoms with Gasteiger partial charge in [0.25, 0.3) is 0 Å². The van der Waals surface area contributed by atoms with Gasteiger partial charge in [-0.1, -0.05) is 47.5 Å². The zero-order valence-corrected chi connectivity index (χ0v) is 11.2. The average molecular weight is 237 g/mol. The van der Waals surface area contributed by atoms with E-state index >= 15 is 0 Å². The van der Waals surface area contributed by atoms with Gasteiger partial charge in [0, 0.05) is 5.69 Å². The van der Waals surface area contributed by atoms with Gasteiger partial charge in [-0.3, -0.25) is 0 Å². The van der Waals surface area contributed by atoms with Crippen molar-refractivity contribution in [2.45, 2.75) is 20.8 Å². The second kappa shape index (κ2) is 5.09. The monoisotopic (exact) mass is 237 g/mol. The molecule has 0 aliphatic carbocycles. The first kappa shape index (κ1) is 12.4. The number of nitrogen functional groups attached to an aromatic ring is 1. The van der Waals surface area contributed by atoms with E-state index in [9.17, 15) is 0 Å². The van der Waals surface area contributed by atoms with Crippen LogP contribution < -0.4 is 5.73 Å². The van der Waals surface area contributed by atoms with Gasteiger partial charge in [0.1, 0.15) is 0 Å². The van der Waals surface area contributed by atoms with Crippen molar-refractivity contribution in [2.75, 3.05) is 5.73 Å². The maximum atomic E-state index is 6.00. The fourth-order valence-electron chi connectivity index (χ4n) is 1.94. The van der Waals surface area contributed by atoms with Crippen LogP contribution in [0, 0.1) is 6.92 Å². The van der Waals surface area contributed by atoms with Crippen LogP contribution in [0.3, 0.4) is 0 Å². The maximum Gasteiger partial charge on any atom is 0.0388 e. The third-order valence-electron chi connectivity index (χ3n) is 2.92. The van der Waals surface area contributed by atoms with Crippen LogP contribution in [0.15, 0.2) is 48.0 Å². The summed E-state index contributed by atoms with van der Waals surface area (Å²) in [5.74, 6) is 0. The molecule has 0 bridgehead atoms. The molecule has 92 valence electrons. The third-order valence-corrected chi connectivity index (χ3v) is 2.92. The highest BCUT2D eigenvalue weighted by molar-refractivity contribution is 5.74. The van der Waals surface area contributed by atoms with Crippen LogP contribution in [0.4, 0.5) is 5.69 Å². The lowest BCUT2D eigenvalue weighted by Crippen LogP contribution is -1.90. The molecule has 2 aromatic rings. The minimum absolute atomic E-state index is 0.826. The first-order valence-corrected chi connectivity index (χ1v) is 6.18. The van der Waals surface area contributed by atoms with E-state index in [1.807, 2.05) is 6.07 Å². The summed E-state index contributed by atoms with van der Waals surface area (Å²) in [6.07, 6.45) is 2.12. The molecule has 0 unspecified atom stereocenters. The molecular weight excluding hydrogens is 218 g/mol. The SMILES string of the molecule is CC(C)=Cc1cc(-c2ccc(C)cc2)ccc1N. The quantitative estimate of drug-likeness (QED) is 0.755. The Balaban J connectivity index is 2.47. The summed E-state index contributed by atoms with van der Waals surface area (Å²) in [4.78, 5) is 0. The second-order valence-electron chi connectivity index (χ2n) is 4.93. The van der Waals surface area contributed by atoms with E-state index in [0.29, 0.717) is 0 Å². The zero-order valence-electron chi connectivity index (χ0n) is 11.2. The van der Waals surface area contributed by atoms with Gasteiger partial charge in [-0.2, -0.15) is 0 Å². The van der Waals surface area contributed by atoms with E-state index in [1.54, 1.807) is 0 Å². The van der Waals surface area contributed by atoms with Crippen molar-refractivity contribution in [1.82, 2.24) is 0 Å². The highest BCUT2D eigenvalue weighted by Crippen LogP contribution is 2.25. The lowest BCUT2D eigenvalue weighted by molar-refractivity contribution is 1.42. The number of allylic oxidation sites excluding steroid dienone is 1. The van der Waals surface area contributed by atoms with Crippen LogP contribution in [0.1, 0.15) is 25.0 Å². The van der Waals surface area contributed by atoms with Crippen LogP contribution in [-0.2, 0) is 0 Å². The Morgan fingerprint density at radius 1 is 0.944 bits per heavy atom. The minimum atomic E-state index is 0.826. The maximum absolute atomic E-state index is 6.00. The predicted octanol–water partition coefficient (Wildman–Crippen LogP) is 4.67. The summed E-state index contributed by atoms with van der Waals surface area (Å²) in [6, 6.07) is 14.7. The Bertz CT molecular complexity index is 573. The number of rotatable bonds is 2. The van der Waals surface area contributed by atoms with Crippen LogP contribution in [0.25, 0.3) is 17.2 Å². The zero-order chi connectivity index (χ0) is 13.1. The molecule has 0 radical (unpaired) electrons. The normalized spacial score (nSPS) is 10.2. The van der Waals surface area contributed by atoms with Gasteiger partial charge in [0.05, 0.1) is 0 Å². The number of aryl methyl sites for hydroxylation is 1. The highest BCUT2D eigenvalue weighted by Gasteiger charge is 2.01. The summed E-state index contributed by atoms with van der Waals surface area (Å²) in [5.41, 5.74) is 12.9. The topological polar surface area (TPSA) is 26.0 Å². The first-order chi connectivity index (χ1) is 8.56. The molecule has 2 aromatic carbocycles. The summed E-state index contributed by atoms with van der Waals surface area (Å²) >= 11 is 0. The molecule has 0 fully saturated rings. The molecular formula is C17H19N. The van der Waals surface area contributed by atoms with Crippen LogP contribution in [0.5, 0.6) is 0 Å². The van der Waals surface area contributed by atoms with Gasteiger partial charge in [-0.05, 0) is 49.6 Å². The number of benzene rings is 2. The third kappa shape index (κ3) is 2.80. The summed E-state index contributed by atoms with van der Waals surface area (Å²) in [5, 5.41) is 0. The Hall–Kier alpha value is -2.02. The molecule has 0 atom stereocenters. The molecule has 1 nitrogen and oxygen atoms in total. The van der Waals surface area contributed by atoms with E-state index in [2.05, 4.69) is 63.2 Å². The van der Waals surface area contributed by atoms with E-state index in [0.717, 1.165) is 11.3 Å². The van der Waals surface area contributed by atoms with Gasteiger partial charge < -0.3 is 5.73 Å². The Kier molecular flexibility index (Phi) is 3.52. The van der Waals surface area contributed by atoms with Crippen molar-refractivity contribution < 1.29 is 0 Å². The van der Waals surface area contributed by atoms with Crippen LogP contribution in [-0.4, -0.2) is 0 Å². The van der Waals surface area contributed by atoms with Crippen molar-refractivity contribution in [2.24, 2.45) is 0 Å². The molecule has 0 heterocycles. The van der Waals surface area contributed by atoms with Gasteiger partial charge in [0.2, 0.25) is 0 Å². The van der Waals surface area contributed by atoms with E-state index in [1.165, 1.54) is 22.3 Å². The highest BCUT2D eigenvalue weighted by atomic mass is 14.6. The molecule has 0 aromatic heterocycles. The standard InChI is InChI=1S/C17H19N/c1-12(2)10-16-11-15(8-9-17(16)18)14-6-4-13(3)5-7-14/h4-11H,18H2,1-3H3. The minimum Gasteiger partial charge on any atom is -0.398 e. The fourth-order valence-corrected chi connectivity index (χ4v) is 1.94. The van der Waals surface area contributed by atoms with Crippen molar-refractivity contribution >= 4 is 11.8 Å². The molecule has 1 heteroatoms. The Morgan fingerprint density at radius 3 is 2.17 bits per heavy atom. The molecule has 18 heavy (non-hydrogen) atoms. The Morgan fingerprint density at radius 2 is 1.56 bits per heavy atom. The van der Waals surface area contributed by atoms with Crippen LogP contribution in [0.2, 0.25) is 0 Å². The Labute approximate surface area is 109 Å². The van der Waals surface area contributed by atoms with Gasteiger partial charge in [0.15, 0.2) is 0 Å². The average Bonchev–Trinajstić information content (AvgIpc) is 2.32. The molecule has 2 N–H and O–H groups in total. The van der Waals surface area contributed by atoms with E-state index < -0.39 is 0 Å². The van der Waals surface area contributed by atoms with Crippen molar-refractivity contribution in [1.29, 1.82) is 0 Å². The van der Waals surface area contributed by atoms with Gasteiger partial charge in [-0.25, -0.2) is 0 Å². The number of nitrogens with two attached hydrogens (primary N) is 1. The van der Waals surface area contributed by atoms with Crippen molar-refractivity contribution in [3.63, 3.8) is 0 Å². The van der Waals surface area contributed by atoms with Crippen LogP contribution >= 0.6 is 0 Å². The summed E-state index contributed by atoms with van der Waals surface area (Å²) in [7, 11) is 0. The molecule has 0 aliphatic rings. The molecule has 0 saturated heterocycles. The van der Waals surface area contributed by atoms with Crippen molar-refractivity contribution in [3.8, 4) is 11.1 Å². The number of hydrogen-bond donors (Lipinski definition) is 1. The molecule has 0 saturated carbocycles.